The van der Waals surface area contributed by atoms with Gasteiger partial charge in [-0.05, 0) is 25.0 Å². The van der Waals surface area contributed by atoms with Crippen LogP contribution in [0.5, 0.6) is 0 Å². The van der Waals surface area contributed by atoms with Crippen molar-refractivity contribution in [2.45, 2.75) is 43.9 Å². The molecule has 11 heteroatoms. The molecule has 0 N–H and O–H groups in total. The van der Waals surface area contributed by atoms with Crippen molar-refractivity contribution in [3.8, 4) is 11.4 Å². The fraction of sp³-hybridized carbons (Fsp3) is 0.500. The molecule has 3 heterocycles. The fourth-order valence-electron chi connectivity index (χ4n) is 2.53. The quantitative estimate of drug-likeness (QED) is 0.781. The molecule has 136 valence electrons. The summed E-state index contributed by atoms with van der Waals surface area (Å²) >= 11 is 0. The van der Waals surface area contributed by atoms with E-state index in [0.29, 0.717) is 0 Å². The maximum absolute atomic E-state index is 12.7. The topological polar surface area (TPSA) is 52.8 Å². The van der Waals surface area contributed by atoms with E-state index in [9.17, 15) is 26.3 Å². The number of nitrogens with zero attached hydrogens (tertiary/aromatic N) is 4. The van der Waals surface area contributed by atoms with Crippen LogP contribution >= 0.6 is 0 Å². The predicted molar refractivity (Wildman–Crippen MR) is 72.2 cm³/mol. The molecule has 0 bridgehead atoms. The molecule has 2 atom stereocenters. The summed E-state index contributed by atoms with van der Waals surface area (Å²) in [5.41, 5.74) is -0.996. The molecule has 0 radical (unpaired) electrons. The lowest BCUT2D eigenvalue weighted by molar-refractivity contribution is -0.215. The molecule has 0 spiro atoms. The van der Waals surface area contributed by atoms with Crippen LogP contribution in [0.4, 0.5) is 26.3 Å². The predicted octanol–water partition coefficient (Wildman–Crippen LogP) is 3.47. The molecule has 1 aliphatic rings. The monoisotopic (exact) mass is 366 g/mol. The summed E-state index contributed by atoms with van der Waals surface area (Å²) in [6.07, 6.45) is -10.1. The minimum atomic E-state index is -4.59. The number of pyridine rings is 1. The van der Waals surface area contributed by atoms with Gasteiger partial charge in [-0.15, -0.1) is 5.10 Å². The van der Waals surface area contributed by atoms with Crippen molar-refractivity contribution in [3.05, 3.63) is 30.1 Å². The zero-order chi connectivity index (χ0) is 18.2. The molecular formula is C14H12F6N4O. The van der Waals surface area contributed by atoms with E-state index in [1.165, 1.54) is 23.0 Å². The van der Waals surface area contributed by atoms with Crippen molar-refractivity contribution < 1.29 is 31.1 Å². The smallest absolute Gasteiger partial charge is 0.364 e. The molecule has 2 aromatic rings. The Kier molecular flexibility index (Phi) is 4.43. The lowest BCUT2D eigenvalue weighted by Gasteiger charge is -2.16. The average molecular weight is 366 g/mol. The second-order valence-corrected chi connectivity index (χ2v) is 5.60. The van der Waals surface area contributed by atoms with Gasteiger partial charge in [-0.2, -0.15) is 26.3 Å². The summed E-state index contributed by atoms with van der Waals surface area (Å²) in [7, 11) is 0. The van der Waals surface area contributed by atoms with Crippen LogP contribution in [0.3, 0.4) is 0 Å². The van der Waals surface area contributed by atoms with Gasteiger partial charge in [-0.25, -0.2) is 9.67 Å². The largest absolute Gasteiger partial charge is 0.433 e. The third-order valence-electron chi connectivity index (χ3n) is 3.70. The van der Waals surface area contributed by atoms with Gasteiger partial charge in [0, 0.05) is 0 Å². The van der Waals surface area contributed by atoms with E-state index in [2.05, 4.69) is 15.3 Å². The first-order valence-electron chi connectivity index (χ1n) is 7.30. The van der Waals surface area contributed by atoms with Gasteiger partial charge in [-0.3, -0.25) is 0 Å². The van der Waals surface area contributed by atoms with Crippen LogP contribution in [-0.2, 0) is 17.5 Å². The van der Waals surface area contributed by atoms with E-state index in [1.54, 1.807) is 0 Å². The van der Waals surface area contributed by atoms with E-state index >= 15 is 0 Å². The minimum Gasteiger partial charge on any atom is -0.364 e. The number of halogens is 6. The number of ether oxygens (including phenoxy) is 1. The van der Waals surface area contributed by atoms with Crippen molar-refractivity contribution in [1.82, 2.24) is 20.0 Å². The van der Waals surface area contributed by atoms with Crippen LogP contribution < -0.4 is 0 Å². The highest BCUT2D eigenvalue weighted by Gasteiger charge is 2.45. The molecule has 0 amide bonds. The highest BCUT2D eigenvalue weighted by atomic mass is 19.4. The highest BCUT2D eigenvalue weighted by Crippen LogP contribution is 2.33. The number of aromatic nitrogens is 4. The first-order chi connectivity index (χ1) is 11.6. The summed E-state index contributed by atoms with van der Waals surface area (Å²) in [4.78, 5) is 3.48. The molecule has 1 fully saturated rings. The second-order valence-electron chi connectivity index (χ2n) is 5.60. The van der Waals surface area contributed by atoms with Crippen molar-refractivity contribution in [2.24, 2.45) is 0 Å². The Morgan fingerprint density at radius 1 is 1.08 bits per heavy atom. The molecule has 25 heavy (non-hydrogen) atoms. The van der Waals surface area contributed by atoms with Gasteiger partial charge in [0.25, 0.3) is 0 Å². The van der Waals surface area contributed by atoms with Gasteiger partial charge >= 0.3 is 12.4 Å². The molecule has 1 saturated heterocycles. The Labute approximate surface area is 137 Å². The lowest BCUT2D eigenvalue weighted by atomic mass is 10.2. The Balaban J connectivity index is 1.70. The van der Waals surface area contributed by atoms with Gasteiger partial charge < -0.3 is 4.74 Å². The fourth-order valence-corrected chi connectivity index (χ4v) is 2.53. The number of hydrogen-bond donors (Lipinski definition) is 0. The van der Waals surface area contributed by atoms with Crippen molar-refractivity contribution in [3.63, 3.8) is 0 Å². The maximum atomic E-state index is 12.7. The van der Waals surface area contributed by atoms with E-state index < -0.39 is 30.3 Å². The normalized spacial score (nSPS) is 21.7. The van der Waals surface area contributed by atoms with Gasteiger partial charge in [0.1, 0.15) is 11.4 Å². The third-order valence-corrected chi connectivity index (χ3v) is 3.70. The molecule has 0 aliphatic carbocycles. The van der Waals surface area contributed by atoms with E-state index in [0.717, 1.165) is 6.07 Å². The molecule has 0 saturated carbocycles. The SMILES string of the molecule is FC(F)(F)c1cccc(-c2cn(CC3CCC(C(F)(F)F)O3)nn2)n1. The van der Waals surface area contributed by atoms with E-state index in [1.807, 2.05) is 0 Å². The summed E-state index contributed by atoms with van der Waals surface area (Å²) in [5, 5.41) is 7.44. The van der Waals surface area contributed by atoms with Crippen LogP contribution in [0.2, 0.25) is 0 Å². The van der Waals surface area contributed by atoms with Crippen LogP contribution in [-0.4, -0.2) is 38.4 Å². The van der Waals surface area contributed by atoms with Gasteiger partial charge in [0.2, 0.25) is 0 Å². The Hall–Kier alpha value is -2.17. The Bertz CT molecular complexity index is 741. The van der Waals surface area contributed by atoms with Crippen LogP contribution in [0, 0.1) is 0 Å². The molecule has 0 aromatic carbocycles. The molecule has 2 aromatic heterocycles. The first-order valence-corrected chi connectivity index (χ1v) is 7.30. The van der Waals surface area contributed by atoms with Gasteiger partial charge in [0.05, 0.1) is 24.5 Å². The van der Waals surface area contributed by atoms with Crippen LogP contribution in [0.15, 0.2) is 24.4 Å². The summed E-state index contributed by atoms with van der Waals surface area (Å²) in [5.74, 6) is 0. The molecule has 3 rings (SSSR count). The first kappa shape index (κ1) is 17.6. The Morgan fingerprint density at radius 2 is 1.84 bits per heavy atom. The minimum absolute atomic E-state index is 0.0263. The Morgan fingerprint density at radius 3 is 2.48 bits per heavy atom. The number of rotatable bonds is 3. The maximum Gasteiger partial charge on any atom is 0.433 e. The van der Waals surface area contributed by atoms with Crippen molar-refractivity contribution in [2.75, 3.05) is 0 Å². The molecule has 1 aliphatic heterocycles. The lowest BCUT2D eigenvalue weighted by Crippen LogP contribution is -2.29. The molecular weight excluding hydrogens is 354 g/mol. The number of alkyl halides is 6. The summed E-state index contributed by atoms with van der Waals surface area (Å²) in [6, 6.07) is 3.37. The third kappa shape index (κ3) is 4.09. The highest BCUT2D eigenvalue weighted by molar-refractivity contribution is 5.52. The van der Waals surface area contributed by atoms with Gasteiger partial charge in [0.15, 0.2) is 6.10 Å². The van der Waals surface area contributed by atoms with Crippen LogP contribution in [0.25, 0.3) is 11.4 Å². The second kappa shape index (κ2) is 6.28. The van der Waals surface area contributed by atoms with Crippen molar-refractivity contribution >= 4 is 0 Å². The summed E-state index contributed by atoms with van der Waals surface area (Å²) in [6.45, 7) is 0.0263. The zero-order valence-corrected chi connectivity index (χ0v) is 12.6. The van der Waals surface area contributed by atoms with E-state index in [4.69, 9.17) is 4.74 Å². The van der Waals surface area contributed by atoms with E-state index in [-0.39, 0.29) is 30.8 Å². The standard InChI is InChI=1S/C14H12F6N4O/c15-13(16,17)11-3-1-2-9(21-11)10-7-24(23-22-10)6-8-4-5-12(25-8)14(18,19)20/h1-3,7-8,12H,4-6H2. The van der Waals surface area contributed by atoms with Gasteiger partial charge in [-0.1, -0.05) is 11.3 Å². The number of hydrogen-bond acceptors (Lipinski definition) is 4. The van der Waals surface area contributed by atoms with Crippen molar-refractivity contribution in [1.29, 1.82) is 0 Å². The zero-order valence-electron chi connectivity index (χ0n) is 12.6. The summed E-state index contributed by atoms with van der Waals surface area (Å²) < 4.78 is 81.9. The molecule has 2 unspecified atom stereocenters. The molecule has 5 nitrogen and oxygen atoms in total. The average Bonchev–Trinajstić information content (AvgIpc) is 3.16. The van der Waals surface area contributed by atoms with Crippen LogP contribution in [0.1, 0.15) is 18.5 Å².